The molecule has 1 unspecified atom stereocenters. The van der Waals surface area contributed by atoms with Crippen molar-refractivity contribution in [3.05, 3.63) is 23.4 Å². The van der Waals surface area contributed by atoms with Gasteiger partial charge in [-0.25, -0.2) is 9.78 Å². The lowest BCUT2D eigenvalue weighted by atomic mass is 10.0. The molecule has 184 valence electrons. The fourth-order valence-electron chi connectivity index (χ4n) is 4.45. The molecule has 1 aromatic heterocycles. The molecule has 2 fully saturated rings. The molecule has 34 heavy (non-hydrogen) atoms. The Morgan fingerprint density at radius 2 is 1.94 bits per heavy atom. The standard InChI is InChI=1S/C23H32N6O5/c1-23(2,3)34-22(33)28-12-10-27(11-13-28)9-8-25-19-16-14-29(21(32)15(16)6-7-24-19)17-4-5-18(30)26-20(17)31/h6-7,17H,4-5,8-14H2,1-3H3,(H,24,25)(H,26,30,31). The number of pyridine rings is 1. The van der Waals surface area contributed by atoms with Crippen molar-refractivity contribution in [2.24, 2.45) is 0 Å². The number of piperidine rings is 1. The number of carbonyl (C=O) groups is 4. The van der Waals surface area contributed by atoms with E-state index in [0.29, 0.717) is 37.4 Å². The summed E-state index contributed by atoms with van der Waals surface area (Å²) in [5, 5.41) is 5.65. The third kappa shape index (κ3) is 5.30. The SMILES string of the molecule is CC(C)(C)OC(=O)N1CCN(CCNc2nccc3c2CN(C2CCC(=O)NC2=O)C3=O)CC1. The number of fused-ring (bicyclic) bond motifs is 1. The Balaban J connectivity index is 1.29. The van der Waals surface area contributed by atoms with E-state index in [9.17, 15) is 19.2 Å². The smallest absolute Gasteiger partial charge is 0.410 e. The van der Waals surface area contributed by atoms with E-state index >= 15 is 0 Å². The molecule has 3 aliphatic rings. The van der Waals surface area contributed by atoms with Crippen molar-refractivity contribution in [3.8, 4) is 0 Å². The third-order valence-corrected chi connectivity index (χ3v) is 6.21. The molecule has 2 N–H and O–H groups in total. The summed E-state index contributed by atoms with van der Waals surface area (Å²) in [6.07, 6.45) is 1.86. The second kappa shape index (κ2) is 9.57. The van der Waals surface area contributed by atoms with E-state index in [1.807, 2.05) is 20.8 Å². The Hall–Kier alpha value is -3.21. The van der Waals surface area contributed by atoms with Crippen LogP contribution in [0.4, 0.5) is 10.6 Å². The van der Waals surface area contributed by atoms with Gasteiger partial charge in [0.2, 0.25) is 11.8 Å². The summed E-state index contributed by atoms with van der Waals surface area (Å²) < 4.78 is 5.44. The Morgan fingerprint density at radius 1 is 1.21 bits per heavy atom. The van der Waals surface area contributed by atoms with Crippen molar-refractivity contribution >= 4 is 29.6 Å². The normalized spacial score (nSPS) is 21.4. The van der Waals surface area contributed by atoms with E-state index in [0.717, 1.165) is 25.2 Å². The van der Waals surface area contributed by atoms with Gasteiger partial charge in [-0.15, -0.1) is 0 Å². The van der Waals surface area contributed by atoms with Gasteiger partial charge in [0.25, 0.3) is 5.91 Å². The zero-order chi connectivity index (χ0) is 24.5. The van der Waals surface area contributed by atoms with Gasteiger partial charge >= 0.3 is 6.09 Å². The molecular formula is C23H32N6O5. The van der Waals surface area contributed by atoms with Gasteiger partial charge in [0.15, 0.2) is 0 Å². The van der Waals surface area contributed by atoms with Crippen LogP contribution >= 0.6 is 0 Å². The zero-order valence-corrected chi connectivity index (χ0v) is 19.9. The fraction of sp³-hybridized carbons (Fsp3) is 0.609. The highest BCUT2D eigenvalue weighted by Crippen LogP contribution is 2.31. The number of hydrogen-bond donors (Lipinski definition) is 2. The monoisotopic (exact) mass is 472 g/mol. The van der Waals surface area contributed by atoms with Gasteiger partial charge in [-0.3, -0.25) is 24.6 Å². The number of rotatable bonds is 5. The lowest BCUT2D eigenvalue weighted by Crippen LogP contribution is -2.52. The third-order valence-electron chi connectivity index (χ3n) is 6.21. The van der Waals surface area contributed by atoms with Crippen LogP contribution in [0.2, 0.25) is 0 Å². The maximum absolute atomic E-state index is 12.9. The molecule has 0 saturated carbocycles. The highest BCUT2D eigenvalue weighted by molar-refractivity contribution is 6.05. The topological polar surface area (TPSA) is 124 Å². The summed E-state index contributed by atoms with van der Waals surface area (Å²) in [5.41, 5.74) is 0.802. The predicted molar refractivity (Wildman–Crippen MR) is 123 cm³/mol. The first kappa shape index (κ1) is 23.9. The largest absolute Gasteiger partial charge is 0.444 e. The van der Waals surface area contributed by atoms with Crippen molar-refractivity contribution in [1.82, 2.24) is 25.0 Å². The van der Waals surface area contributed by atoms with Crippen molar-refractivity contribution < 1.29 is 23.9 Å². The van der Waals surface area contributed by atoms with Crippen LogP contribution in [0.15, 0.2) is 12.3 Å². The van der Waals surface area contributed by atoms with E-state index < -0.39 is 17.6 Å². The first-order valence-corrected chi connectivity index (χ1v) is 11.7. The number of anilines is 1. The number of ether oxygens (including phenoxy) is 1. The molecule has 1 aromatic rings. The molecule has 11 heteroatoms. The number of imide groups is 1. The summed E-state index contributed by atoms with van der Waals surface area (Å²) in [6, 6.07) is 1.02. The Morgan fingerprint density at radius 3 is 2.62 bits per heavy atom. The molecular weight excluding hydrogens is 440 g/mol. The maximum Gasteiger partial charge on any atom is 0.410 e. The second-order valence-corrected chi connectivity index (χ2v) is 9.82. The van der Waals surface area contributed by atoms with E-state index in [1.54, 1.807) is 17.2 Å². The number of piperazine rings is 1. The number of nitrogens with one attached hydrogen (secondary N) is 2. The van der Waals surface area contributed by atoms with Crippen molar-refractivity contribution in [3.63, 3.8) is 0 Å². The minimum Gasteiger partial charge on any atom is -0.444 e. The molecule has 4 heterocycles. The van der Waals surface area contributed by atoms with Gasteiger partial charge in [0, 0.05) is 63.0 Å². The van der Waals surface area contributed by atoms with Crippen LogP contribution in [0, 0.1) is 0 Å². The quantitative estimate of drug-likeness (QED) is 0.604. The van der Waals surface area contributed by atoms with Crippen LogP contribution in [0.1, 0.15) is 49.5 Å². The molecule has 4 amide bonds. The van der Waals surface area contributed by atoms with Gasteiger partial charge in [-0.2, -0.15) is 0 Å². The summed E-state index contributed by atoms with van der Waals surface area (Å²) >= 11 is 0. The molecule has 0 radical (unpaired) electrons. The number of nitrogens with zero attached hydrogens (tertiary/aromatic N) is 4. The molecule has 4 rings (SSSR count). The van der Waals surface area contributed by atoms with Crippen LogP contribution in [0.5, 0.6) is 0 Å². The lowest BCUT2D eigenvalue weighted by Gasteiger charge is -2.35. The maximum atomic E-state index is 12.9. The molecule has 1 atom stereocenters. The Bertz CT molecular complexity index is 983. The van der Waals surface area contributed by atoms with Crippen molar-refractivity contribution in [2.45, 2.75) is 51.8 Å². The number of carbonyl (C=O) groups excluding carboxylic acids is 4. The molecule has 3 aliphatic heterocycles. The minimum absolute atomic E-state index is 0.215. The van der Waals surface area contributed by atoms with Crippen LogP contribution < -0.4 is 10.6 Å². The van der Waals surface area contributed by atoms with E-state index in [4.69, 9.17) is 4.74 Å². The summed E-state index contributed by atoms with van der Waals surface area (Å²) in [6.45, 7) is 9.99. The number of hydrogen-bond acceptors (Lipinski definition) is 8. The summed E-state index contributed by atoms with van der Waals surface area (Å²) in [7, 11) is 0. The van der Waals surface area contributed by atoms with Crippen molar-refractivity contribution in [2.75, 3.05) is 44.6 Å². The first-order valence-electron chi connectivity index (χ1n) is 11.7. The van der Waals surface area contributed by atoms with Crippen LogP contribution in [0.3, 0.4) is 0 Å². The van der Waals surface area contributed by atoms with Gasteiger partial charge < -0.3 is 19.9 Å². The van der Waals surface area contributed by atoms with Gasteiger partial charge in [-0.1, -0.05) is 0 Å². The number of aromatic nitrogens is 1. The average molecular weight is 473 g/mol. The average Bonchev–Trinajstić information content (AvgIpc) is 3.10. The number of amides is 4. The lowest BCUT2D eigenvalue weighted by molar-refractivity contribution is -0.136. The van der Waals surface area contributed by atoms with Gasteiger partial charge in [-0.05, 0) is 33.3 Å². The summed E-state index contributed by atoms with van der Waals surface area (Å²) in [4.78, 5) is 58.8. The zero-order valence-electron chi connectivity index (χ0n) is 19.9. The molecule has 11 nitrogen and oxygen atoms in total. The van der Waals surface area contributed by atoms with Gasteiger partial charge in [0.1, 0.15) is 17.5 Å². The van der Waals surface area contributed by atoms with Crippen molar-refractivity contribution in [1.29, 1.82) is 0 Å². The van der Waals surface area contributed by atoms with E-state index in [-0.39, 0.29) is 30.9 Å². The van der Waals surface area contributed by atoms with Gasteiger partial charge in [0.05, 0.1) is 6.54 Å². The highest BCUT2D eigenvalue weighted by atomic mass is 16.6. The molecule has 0 aromatic carbocycles. The van der Waals surface area contributed by atoms with Crippen LogP contribution in [-0.2, 0) is 20.9 Å². The predicted octanol–water partition coefficient (Wildman–Crippen LogP) is 0.807. The molecule has 2 saturated heterocycles. The Labute approximate surface area is 198 Å². The molecule has 0 spiro atoms. The minimum atomic E-state index is -0.647. The molecule has 0 aliphatic carbocycles. The van der Waals surface area contributed by atoms with E-state index in [2.05, 4.69) is 20.5 Å². The molecule has 0 bridgehead atoms. The first-order chi connectivity index (χ1) is 16.1. The van der Waals surface area contributed by atoms with Crippen LogP contribution in [-0.4, -0.2) is 94.4 Å². The van der Waals surface area contributed by atoms with E-state index in [1.165, 1.54) is 4.90 Å². The Kier molecular flexibility index (Phi) is 6.74. The fourth-order valence-corrected chi connectivity index (χ4v) is 4.45. The van der Waals surface area contributed by atoms with Crippen LogP contribution in [0.25, 0.3) is 0 Å². The summed E-state index contributed by atoms with van der Waals surface area (Å²) in [5.74, 6) is -0.312. The second-order valence-electron chi connectivity index (χ2n) is 9.82. The highest BCUT2D eigenvalue weighted by Gasteiger charge is 2.40.